The van der Waals surface area contributed by atoms with Crippen molar-refractivity contribution in [2.24, 2.45) is 5.92 Å². The largest absolute Gasteiger partial charge is 0.392 e. The molecule has 3 aromatic carbocycles. The summed E-state index contributed by atoms with van der Waals surface area (Å²) in [6.07, 6.45) is 0.287. The van der Waals surface area contributed by atoms with E-state index in [4.69, 9.17) is 19.7 Å². The molecule has 1 aliphatic rings. The lowest BCUT2D eigenvalue weighted by atomic mass is 10.1. The van der Waals surface area contributed by atoms with Crippen molar-refractivity contribution in [3.8, 4) is 0 Å². The SMILES string of the molecule is CC1CC(COCc2ccccc2)OC1O.OCc1ccccc1.OCc1ccccc1. The minimum atomic E-state index is -0.620. The van der Waals surface area contributed by atoms with Gasteiger partial charge in [-0.2, -0.15) is 0 Å². The number of ether oxygens (including phenoxy) is 2. The summed E-state index contributed by atoms with van der Waals surface area (Å²) < 4.78 is 10.9. The first-order valence-electron chi connectivity index (χ1n) is 10.9. The average Bonchev–Trinajstić information content (AvgIpc) is 3.18. The predicted octanol–water partition coefficient (Wildman–Crippen LogP) is 4.30. The number of rotatable bonds is 6. The summed E-state index contributed by atoms with van der Waals surface area (Å²) in [5, 5.41) is 26.5. The third-order valence-electron chi connectivity index (χ3n) is 4.92. The van der Waals surface area contributed by atoms with E-state index in [1.807, 2.05) is 97.9 Å². The Labute approximate surface area is 190 Å². The lowest BCUT2D eigenvalue weighted by Gasteiger charge is -2.10. The molecule has 5 nitrogen and oxygen atoms in total. The van der Waals surface area contributed by atoms with Crippen molar-refractivity contribution in [2.75, 3.05) is 6.61 Å². The molecule has 0 aliphatic carbocycles. The second-order valence-electron chi connectivity index (χ2n) is 7.65. The van der Waals surface area contributed by atoms with Crippen LogP contribution in [0.1, 0.15) is 30.0 Å². The van der Waals surface area contributed by atoms with Crippen molar-refractivity contribution >= 4 is 0 Å². The van der Waals surface area contributed by atoms with Gasteiger partial charge in [0.25, 0.3) is 0 Å². The predicted molar refractivity (Wildman–Crippen MR) is 125 cm³/mol. The zero-order chi connectivity index (χ0) is 23.0. The van der Waals surface area contributed by atoms with Crippen molar-refractivity contribution in [2.45, 2.75) is 45.6 Å². The lowest BCUT2D eigenvalue weighted by molar-refractivity contribution is -0.121. The van der Waals surface area contributed by atoms with Crippen LogP contribution >= 0.6 is 0 Å². The Bertz CT molecular complexity index is 777. The zero-order valence-corrected chi connectivity index (χ0v) is 18.6. The Morgan fingerprint density at radius 2 is 1.19 bits per heavy atom. The maximum absolute atomic E-state index is 9.41. The molecule has 1 fully saturated rings. The van der Waals surface area contributed by atoms with Gasteiger partial charge >= 0.3 is 0 Å². The maximum Gasteiger partial charge on any atom is 0.157 e. The summed E-state index contributed by atoms with van der Waals surface area (Å²) in [6.45, 7) is 3.42. The van der Waals surface area contributed by atoms with Gasteiger partial charge in [-0.3, -0.25) is 0 Å². The van der Waals surface area contributed by atoms with Gasteiger partial charge in [-0.25, -0.2) is 0 Å². The van der Waals surface area contributed by atoms with Gasteiger partial charge in [0.05, 0.1) is 32.5 Å². The molecule has 0 bridgehead atoms. The zero-order valence-electron chi connectivity index (χ0n) is 18.6. The Hall–Kier alpha value is -2.54. The highest BCUT2D eigenvalue weighted by Crippen LogP contribution is 2.24. The summed E-state index contributed by atoms with van der Waals surface area (Å²) in [5.41, 5.74) is 3.09. The van der Waals surface area contributed by atoms with Crippen LogP contribution in [0.3, 0.4) is 0 Å². The molecule has 0 radical (unpaired) electrons. The average molecular weight is 439 g/mol. The van der Waals surface area contributed by atoms with E-state index in [1.54, 1.807) is 0 Å². The first-order valence-corrected chi connectivity index (χ1v) is 10.9. The quantitative estimate of drug-likeness (QED) is 0.535. The van der Waals surface area contributed by atoms with Crippen molar-refractivity contribution in [1.29, 1.82) is 0 Å². The van der Waals surface area contributed by atoms with E-state index in [0.717, 1.165) is 23.1 Å². The van der Waals surface area contributed by atoms with Crippen LogP contribution in [0.5, 0.6) is 0 Å². The van der Waals surface area contributed by atoms with Gasteiger partial charge in [-0.05, 0) is 23.1 Å². The molecule has 32 heavy (non-hydrogen) atoms. The number of aliphatic hydroxyl groups excluding tert-OH is 3. The number of aliphatic hydroxyl groups is 3. The van der Waals surface area contributed by atoms with Crippen LogP contribution in [0.15, 0.2) is 91.0 Å². The van der Waals surface area contributed by atoms with Gasteiger partial charge in [0.15, 0.2) is 6.29 Å². The standard InChI is InChI=1S/C13H18O3.2C7H8O/c1-10-7-12(16-13(10)14)9-15-8-11-5-3-2-4-6-11;2*8-6-7-4-2-1-3-5-7/h2-6,10,12-14H,7-9H2,1H3;2*1-5,8H,6H2. The van der Waals surface area contributed by atoms with E-state index in [-0.39, 0.29) is 25.2 Å². The first kappa shape index (κ1) is 25.7. The van der Waals surface area contributed by atoms with Crippen LogP contribution in [0, 0.1) is 5.92 Å². The third-order valence-corrected chi connectivity index (χ3v) is 4.92. The van der Waals surface area contributed by atoms with Crippen LogP contribution in [-0.4, -0.2) is 34.3 Å². The summed E-state index contributed by atoms with van der Waals surface area (Å²) in [5.74, 6) is 0.213. The molecule has 0 spiro atoms. The highest BCUT2D eigenvalue weighted by Gasteiger charge is 2.30. The Kier molecular flexibility index (Phi) is 12.3. The molecule has 1 saturated heterocycles. The van der Waals surface area contributed by atoms with Crippen molar-refractivity contribution < 1.29 is 24.8 Å². The molecule has 0 aromatic heterocycles. The van der Waals surface area contributed by atoms with Gasteiger partial charge in [0, 0.05) is 5.92 Å². The molecule has 3 N–H and O–H groups in total. The minimum Gasteiger partial charge on any atom is -0.392 e. The van der Waals surface area contributed by atoms with Gasteiger partial charge in [-0.1, -0.05) is 97.9 Å². The number of benzene rings is 3. The molecule has 5 heteroatoms. The molecular weight excluding hydrogens is 404 g/mol. The van der Waals surface area contributed by atoms with Crippen molar-refractivity contribution in [3.05, 3.63) is 108 Å². The second-order valence-corrected chi connectivity index (χ2v) is 7.65. The van der Waals surface area contributed by atoms with E-state index in [1.165, 1.54) is 0 Å². The van der Waals surface area contributed by atoms with Crippen molar-refractivity contribution in [1.82, 2.24) is 0 Å². The van der Waals surface area contributed by atoms with Crippen LogP contribution in [0.2, 0.25) is 0 Å². The summed E-state index contributed by atoms with van der Waals surface area (Å²) in [4.78, 5) is 0. The van der Waals surface area contributed by atoms with Crippen LogP contribution in [0.4, 0.5) is 0 Å². The first-order chi connectivity index (χ1) is 15.6. The molecule has 4 rings (SSSR count). The van der Waals surface area contributed by atoms with Crippen LogP contribution < -0.4 is 0 Å². The Morgan fingerprint density at radius 1 is 0.750 bits per heavy atom. The molecule has 3 atom stereocenters. The van der Waals surface area contributed by atoms with E-state index < -0.39 is 6.29 Å². The van der Waals surface area contributed by atoms with Gasteiger partial charge in [0.2, 0.25) is 0 Å². The lowest BCUT2D eigenvalue weighted by Crippen LogP contribution is -2.16. The van der Waals surface area contributed by atoms with E-state index in [2.05, 4.69) is 0 Å². The molecule has 172 valence electrons. The Balaban J connectivity index is 0.000000190. The summed E-state index contributed by atoms with van der Waals surface area (Å²) >= 11 is 0. The molecule has 0 amide bonds. The minimum absolute atomic E-state index is 0.0358. The Morgan fingerprint density at radius 3 is 1.53 bits per heavy atom. The summed E-state index contributed by atoms with van der Waals surface area (Å²) in [7, 11) is 0. The molecular formula is C27H34O5. The van der Waals surface area contributed by atoms with Crippen molar-refractivity contribution in [3.63, 3.8) is 0 Å². The fourth-order valence-corrected chi connectivity index (χ4v) is 3.07. The molecule has 3 aromatic rings. The van der Waals surface area contributed by atoms with Gasteiger partial charge in [-0.15, -0.1) is 0 Å². The van der Waals surface area contributed by atoms with Crippen LogP contribution in [0.25, 0.3) is 0 Å². The van der Waals surface area contributed by atoms with Gasteiger partial charge in [0.1, 0.15) is 0 Å². The third kappa shape index (κ3) is 10.2. The molecule has 1 aliphatic heterocycles. The molecule has 0 saturated carbocycles. The second kappa shape index (κ2) is 15.3. The highest BCUT2D eigenvalue weighted by molar-refractivity contribution is 5.14. The van der Waals surface area contributed by atoms with Crippen LogP contribution in [-0.2, 0) is 29.3 Å². The van der Waals surface area contributed by atoms with E-state index >= 15 is 0 Å². The maximum atomic E-state index is 9.41. The fourth-order valence-electron chi connectivity index (χ4n) is 3.07. The highest BCUT2D eigenvalue weighted by atomic mass is 16.6. The summed E-state index contributed by atoms with van der Waals surface area (Å²) in [6, 6.07) is 29.1. The monoisotopic (exact) mass is 438 g/mol. The van der Waals surface area contributed by atoms with Gasteiger partial charge < -0.3 is 24.8 Å². The molecule has 1 heterocycles. The van der Waals surface area contributed by atoms with E-state index in [0.29, 0.717) is 13.2 Å². The topological polar surface area (TPSA) is 79.2 Å². The number of hydrogen-bond acceptors (Lipinski definition) is 5. The van der Waals surface area contributed by atoms with E-state index in [9.17, 15) is 5.11 Å². The normalized spacial score (nSPS) is 19.3. The molecule has 3 unspecified atom stereocenters. The smallest absolute Gasteiger partial charge is 0.157 e. The number of hydrogen-bond donors (Lipinski definition) is 3. The fraction of sp³-hybridized carbons (Fsp3) is 0.333.